The van der Waals surface area contributed by atoms with Crippen LogP contribution in [0.5, 0.6) is 0 Å². The molecule has 0 spiro atoms. The lowest BCUT2D eigenvalue weighted by Gasteiger charge is -2.07. The molecule has 0 aromatic heterocycles. The second-order valence-electron chi connectivity index (χ2n) is 2.95. The summed E-state index contributed by atoms with van der Waals surface area (Å²) in [7, 11) is -1.39. The van der Waals surface area contributed by atoms with Gasteiger partial charge in [-0.3, -0.25) is 4.79 Å². The van der Waals surface area contributed by atoms with Crippen molar-refractivity contribution in [3.05, 3.63) is 11.3 Å². The van der Waals surface area contributed by atoms with E-state index in [-0.39, 0.29) is 11.5 Å². The lowest BCUT2D eigenvalue weighted by molar-refractivity contribution is -0.150. The Kier molecular flexibility index (Phi) is 3.13. The maximum absolute atomic E-state index is 10.9. The molecule has 1 saturated heterocycles. The van der Waals surface area contributed by atoms with E-state index in [1.807, 2.05) is 0 Å². The van der Waals surface area contributed by atoms with Crippen LogP contribution in [0.15, 0.2) is 11.3 Å². The van der Waals surface area contributed by atoms with E-state index in [2.05, 4.69) is 9.31 Å². The number of carbonyl (C=O) groups is 3. The second kappa shape index (κ2) is 4.16. The third-order valence-corrected chi connectivity index (χ3v) is 1.90. The summed E-state index contributed by atoms with van der Waals surface area (Å²) >= 11 is 0. The summed E-state index contributed by atoms with van der Waals surface area (Å²) in [5.74, 6) is -2.14. The molecule has 80 valence electrons. The van der Waals surface area contributed by atoms with Crippen molar-refractivity contribution in [2.45, 2.75) is 20.8 Å². The van der Waals surface area contributed by atoms with Crippen LogP contribution in [0.25, 0.3) is 0 Å². The van der Waals surface area contributed by atoms with Crippen molar-refractivity contribution >= 4 is 25.0 Å². The fraction of sp³-hybridized carbons (Fsp3) is 0.375. The van der Waals surface area contributed by atoms with Gasteiger partial charge in [-0.2, -0.15) is 0 Å². The molecule has 1 heterocycles. The average molecular weight is 212 g/mol. The third kappa shape index (κ3) is 2.58. The molecular formula is C8H9BO6. The molecule has 0 saturated carbocycles. The Morgan fingerprint density at radius 2 is 1.60 bits per heavy atom. The first kappa shape index (κ1) is 11.3. The molecule has 0 aromatic carbocycles. The van der Waals surface area contributed by atoms with Gasteiger partial charge in [0, 0.05) is 5.57 Å². The summed E-state index contributed by atoms with van der Waals surface area (Å²) in [6.45, 7) is 4.43. The predicted octanol–water partition coefficient (Wildman–Crippen LogP) is -0.0292. The fourth-order valence-corrected chi connectivity index (χ4v) is 0.824. The molecule has 0 unspecified atom stereocenters. The number of rotatable bonds is 3. The van der Waals surface area contributed by atoms with Gasteiger partial charge >= 0.3 is 19.3 Å². The molecule has 1 fully saturated rings. The Bertz CT molecular complexity index is 342. The topological polar surface area (TPSA) is 78.9 Å². The van der Waals surface area contributed by atoms with E-state index in [1.54, 1.807) is 6.92 Å². The molecule has 7 heteroatoms. The number of carbonyl (C=O) groups excluding carboxylic acids is 3. The van der Waals surface area contributed by atoms with Gasteiger partial charge in [0.25, 0.3) is 0 Å². The van der Waals surface area contributed by atoms with Crippen molar-refractivity contribution in [3.8, 4) is 0 Å². The minimum Gasteiger partial charge on any atom is -0.493 e. The molecule has 0 aliphatic carbocycles. The minimum atomic E-state index is -1.39. The summed E-state index contributed by atoms with van der Waals surface area (Å²) in [6, 6.07) is 0. The Morgan fingerprint density at radius 3 is 2.00 bits per heavy atom. The normalized spacial score (nSPS) is 16.9. The molecule has 0 N–H and O–H groups in total. The van der Waals surface area contributed by atoms with Gasteiger partial charge in [-0.05, 0) is 20.8 Å². The van der Waals surface area contributed by atoms with E-state index in [1.165, 1.54) is 13.8 Å². The van der Waals surface area contributed by atoms with Crippen molar-refractivity contribution in [1.82, 2.24) is 0 Å². The molecule has 0 bridgehead atoms. The van der Waals surface area contributed by atoms with E-state index in [4.69, 9.17) is 4.65 Å². The van der Waals surface area contributed by atoms with Crippen LogP contribution in [0.1, 0.15) is 20.8 Å². The highest BCUT2D eigenvalue weighted by Gasteiger charge is 2.45. The van der Waals surface area contributed by atoms with Gasteiger partial charge in [0.1, 0.15) is 0 Å². The fourth-order valence-electron chi connectivity index (χ4n) is 0.824. The Labute approximate surface area is 86.4 Å². The van der Waals surface area contributed by atoms with Gasteiger partial charge in [-0.15, -0.1) is 0 Å². The van der Waals surface area contributed by atoms with Crippen molar-refractivity contribution in [3.63, 3.8) is 0 Å². The van der Waals surface area contributed by atoms with Crippen LogP contribution in [0.3, 0.4) is 0 Å². The van der Waals surface area contributed by atoms with Crippen molar-refractivity contribution < 1.29 is 28.3 Å². The summed E-state index contributed by atoms with van der Waals surface area (Å²) < 4.78 is 13.7. The third-order valence-electron chi connectivity index (χ3n) is 1.90. The minimum absolute atomic E-state index is 0.178. The zero-order chi connectivity index (χ0) is 11.6. The zero-order valence-corrected chi connectivity index (χ0v) is 8.53. The maximum atomic E-state index is 10.9. The van der Waals surface area contributed by atoms with Gasteiger partial charge in [0.2, 0.25) is 0 Å². The number of allylic oxidation sites excluding steroid dienone is 2. The standard InChI is InChI=1S/C8H9BO6/c1-4(5(2)10)6(3)13-9-14-7(11)8(12)15-9/h1-3H3. The van der Waals surface area contributed by atoms with Crippen molar-refractivity contribution in [1.29, 1.82) is 0 Å². The molecular weight excluding hydrogens is 203 g/mol. The van der Waals surface area contributed by atoms with Crippen molar-refractivity contribution in [2.75, 3.05) is 0 Å². The summed E-state index contributed by atoms with van der Waals surface area (Å²) in [5, 5.41) is 0. The first-order chi connectivity index (χ1) is 6.91. The molecule has 0 amide bonds. The quantitative estimate of drug-likeness (QED) is 0.283. The Hall–Kier alpha value is -1.79. The SMILES string of the molecule is CC(=O)C(C)=C(C)OB1OC(=O)C(=O)O1. The lowest BCUT2D eigenvalue weighted by Crippen LogP contribution is -2.20. The van der Waals surface area contributed by atoms with E-state index in [9.17, 15) is 14.4 Å². The molecule has 0 radical (unpaired) electrons. The number of ketones is 1. The van der Waals surface area contributed by atoms with Crippen LogP contribution in [0, 0.1) is 0 Å². The van der Waals surface area contributed by atoms with Crippen LogP contribution in [0.4, 0.5) is 0 Å². The zero-order valence-electron chi connectivity index (χ0n) is 8.53. The Balaban J connectivity index is 2.65. The molecule has 0 atom stereocenters. The van der Waals surface area contributed by atoms with Crippen LogP contribution in [-0.4, -0.2) is 25.0 Å². The van der Waals surface area contributed by atoms with E-state index in [0.717, 1.165) is 0 Å². The first-order valence-corrected chi connectivity index (χ1v) is 4.18. The Morgan fingerprint density at radius 1 is 1.13 bits per heavy atom. The molecule has 1 rings (SSSR count). The van der Waals surface area contributed by atoms with Gasteiger partial charge < -0.3 is 14.0 Å². The van der Waals surface area contributed by atoms with Crippen LogP contribution in [-0.2, 0) is 28.3 Å². The van der Waals surface area contributed by atoms with Gasteiger partial charge in [0.15, 0.2) is 5.78 Å². The van der Waals surface area contributed by atoms with E-state index < -0.39 is 19.3 Å². The summed E-state index contributed by atoms with van der Waals surface area (Å²) in [4.78, 5) is 32.2. The molecule has 6 nitrogen and oxygen atoms in total. The van der Waals surface area contributed by atoms with Gasteiger partial charge in [-0.25, -0.2) is 9.59 Å². The van der Waals surface area contributed by atoms with Gasteiger partial charge in [0.05, 0.1) is 5.76 Å². The maximum Gasteiger partial charge on any atom is 0.868 e. The molecule has 1 aliphatic rings. The second-order valence-corrected chi connectivity index (χ2v) is 2.95. The monoisotopic (exact) mass is 212 g/mol. The molecule has 1 aliphatic heterocycles. The highest BCUT2D eigenvalue weighted by atomic mass is 16.8. The average Bonchev–Trinajstić information content (AvgIpc) is 2.44. The smallest absolute Gasteiger partial charge is 0.493 e. The highest BCUT2D eigenvalue weighted by Crippen LogP contribution is 2.12. The molecule has 0 aromatic rings. The van der Waals surface area contributed by atoms with Crippen LogP contribution < -0.4 is 0 Å². The molecule has 15 heavy (non-hydrogen) atoms. The van der Waals surface area contributed by atoms with E-state index in [0.29, 0.717) is 5.57 Å². The highest BCUT2D eigenvalue weighted by molar-refractivity contribution is 6.55. The summed E-state index contributed by atoms with van der Waals surface area (Å²) in [5.41, 5.74) is 0.369. The van der Waals surface area contributed by atoms with Crippen LogP contribution >= 0.6 is 0 Å². The first-order valence-electron chi connectivity index (χ1n) is 4.18. The predicted molar refractivity (Wildman–Crippen MR) is 48.1 cm³/mol. The number of hydrogen-bond donors (Lipinski definition) is 0. The van der Waals surface area contributed by atoms with Gasteiger partial charge in [-0.1, -0.05) is 0 Å². The number of hydrogen-bond acceptors (Lipinski definition) is 6. The largest absolute Gasteiger partial charge is 0.868 e. The van der Waals surface area contributed by atoms with Crippen LogP contribution in [0.2, 0.25) is 0 Å². The van der Waals surface area contributed by atoms with Crippen molar-refractivity contribution in [2.24, 2.45) is 0 Å². The lowest BCUT2D eigenvalue weighted by atomic mass is 10.1. The van der Waals surface area contributed by atoms with E-state index >= 15 is 0 Å². The number of Topliss-reactive ketones (excluding diaryl/α,β-unsaturated/α-hetero) is 1. The summed E-state index contributed by atoms with van der Waals surface area (Å²) in [6.07, 6.45) is 0.